The molecular weight excluding hydrogens is 330 g/mol. The second-order valence-corrected chi connectivity index (χ2v) is 8.24. The maximum absolute atomic E-state index is 11.9. The standard InChI is InChI=1S/C19H39N5O2/c1-7-8-9-16(13-22-18(25)26-19(2,3)4)23-17(20-5)21-12-15-10-11-24(6)14-15/h15-16H,7-14H2,1-6H3,(H,22,25)(H2,20,21,23). The van der Waals surface area contributed by atoms with Crippen molar-refractivity contribution in [3.63, 3.8) is 0 Å². The molecule has 1 aliphatic heterocycles. The quantitative estimate of drug-likeness (QED) is 0.452. The van der Waals surface area contributed by atoms with Crippen LogP contribution in [0.15, 0.2) is 4.99 Å². The number of alkyl carbamates (subject to hydrolysis) is 1. The number of likely N-dealkylation sites (tertiary alicyclic amines) is 1. The van der Waals surface area contributed by atoms with Crippen molar-refractivity contribution in [2.45, 2.75) is 65.0 Å². The Morgan fingerprint density at radius 2 is 2.08 bits per heavy atom. The third-order valence-corrected chi connectivity index (χ3v) is 4.41. The molecule has 1 heterocycles. The number of guanidine groups is 1. The highest BCUT2D eigenvalue weighted by Gasteiger charge is 2.21. The van der Waals surface area contributed by atoms with Crippen molar-refractivity contribution in [2.75, 3.05) is 40.3 Å². The number of nitrogens with zero attached hydrogens (tertiary/aromatic N) is 2. The van der Waals surface area contributed by atoms with Gasteiger partial charge in [-0.2, -0.15) is 0 Å². The zero-order chi connectivity index (χ0) is 19.6. The number of carbonyl (C=O) groups excluding carboxylic acids is 1. The Balaban J connectivity index is 2.45. The van der Waals surface area contributed by atoms with Crippen molar-refractivity contribution in [3.8, 4) is 0 Å². The third-order valence-electron chi connectivity index (χ3n) is 4.41. The molecule has 1 fully saturated rings. The molecule has 0 aromatic heterocycles. The molecule has 0 aromatic rings. The number of unbranched alkanes of at least 4 members (excludes halogenated alkanes) is 1. The highest BCUT2D eigenvalue weighted by atomic mass is 16.6. The summed E-state index contributed by atoms with van der Waals surface area (Å²) in [7, 11) is 3.95. The van der Waals surface area contributed by atoms with Crippen LogP contribution in [0.1, 0.15) is 53.4 Å². The topological polar surface area (TPSA) is 78.0 Å². The van der Waals surface area contributed by atoms with E-state index in [-0.39, 0.29) is 12.1 Å². The normalized spacial score (nSPS) is 19.9. The Morgan fingerprint density at radius 3 is 2.62 bits per heavy atom. The van der Waals surface area contributed by atoms with Crippen molar-refractivity contribution in [1.29, 1.82) is 0 Å². The van der Waals surface area contributed by atoms with Gasteiger partial charge in [-0.15, -0.1) is 0 Å². The largest absolute Gasteiger partial charge is 0.444 e. The summed E-state index contributed by atoms with van der Waals surface area (Å²) in [5.74, 6) is 1.46. The van der Waals surface area contributed by atoms with Gasteiger partial charge in [-0.25, -0.2) is 4.79 Å². The fourth-order valence-electron chi connectivity index (χ4n) is 3.02. The van der Waals surface area contributed by atoms with E-state index >= 15 is 0 Å². The van der Waals surface area contributed by atoms with E-state index in [4.69, 9.17) is 4.74 Å². The number of amides is 1. The van der Waals surface area contributed by atoms with Crippen LogP contribution in [0.3, 0.4) is 0 Å². The summed E-state index contributed by atoms with van der Waals surface area (Å²) in [5.41, 5.74) is -0.484. The summed E-state index contributed by atoms with van der Waals surface area (Å²) < 4.78 is 5.32. The van der Waals surface area contributed by atoms with Crippen molar-refractivity contribution in [2.24, 2.45) is 10.9 Å². The fraction of sp³-hybridized carbons (Fsp3) is 0.895. The second kappa shape index (κ2) is 11.3. The van der Waals surface area contributed by atoms with Gasteiger partial charge in [-0.3, -0.25) is 4.99 Å². The molecule has 0 radical (unpaired) electrons. The lowest BCUT2D eigenvalue weighted by Gasteiger charge is -2.24. The van der Waals surface area contributed by atoms with Gasteiger partial charge in [-0.1, -0.05) is 19.8 Å². The third kappa shape index (κ3) is 9.85. The first-order valence-electron chi connectivity index (χ1n) is 9.86. The molecule has 1 saturated heterocycles. The number of rotatable bonds is 8. The Bertz CT molecular complexity index is 448. The fourth-order valence-corrected chi connectivity index (χ4v) is 3.02. The van der Waals surface area contributed by atoms with E-state index in [2.05, 4.69) is 39.8 Å². The predicted octanol–water partition coefficient (Wildman–Crippen LogP) is 2.19. The molecule has 7 nitrogen and oxygen atoms in total. The van der Waals surface area contributed by atoms with E-state index in [1.807, 2.05) is 20.8 Å². The number of aliphatic imine (C=N–C) groups is 1. The van der Waals surface area contributed by atoms with E-state index in [1.54, 1.807) is 7.05 Å². The molecule has 2 unspecified atom stereocenters. The lowest BCUT2D eigenvalue weighted by Crippen LogP contribution is -2.49. The molecule has 0 bridgehead atoms. The summed E-state index contributed by atoms with van der Waals surface area (Å²) in [5, 5.41) is 9.75. The van der Waals surface area contributed by atoms with E-state index in [9.17, 15) is 4.79 Å². The van der Waals surface area contributed by atoms with Gasteiger partial charge >= 0.3 is 6.09 Å². The van der Waals surface area contributed by atoms with Crippen LogP contribution in [0, 0.1) is 5.92 Å². The molecule has 1 aliphatic rings. The smallest absolute Gasteiger partial charge is 0.407 e. The Kier molecular flexibility index (Phi) is 9.76. The van der Waals surface area contributed by atoms with Crippen molar-refractivity contribution >= 4 is 12.1 Å². The van der Waals surface area contributed by atoms with Crippen molar-refractivity contribution in [3.05, 3.63) is 0 Å². The van der Waals surface area contributed by atoms with Gasteiger partial charge in [0.05, 0.1) is 0 Å². The van der Waals surface area contributed by atoms with Gasteiger partial charge in [0.25, 0.3) is 0 Å². The SMILES string of the molecule is CCCCC(CNC(=O)OC(C)(C)C)NC(=NC)NCC1CCN(C)C1. The van der Waals surface area contributed by atoms with Crippen molar-refractivity contribution < 1.29 is 9.53 Å². The van der Waals surface area contributed by atoms with Crippen LogP contribution < -0.4 is 16.0 Å². The van der Waals surface area contributed by atoms with E-state index < -0.39 is 5.60 Å². The number of carbonyl (C=O) groups is 1. The zero-order valence-electron chi connectivity index (χ0n) is 17.5. The predicted molar refractivity (Wildman–Crippen MR) is 108 cm³/mol. The molecular formula is C19H39N5O2. The Morgan fingerprint density at radius 1 is 1.35 bits per heavy atom. The molecule has 2 atom stereocenters. The summed E-state index contributed by atoms with van der Waals surface area (Å²) in [6.45, 7) is 11.5. The van der Waals surface area contributed by atoms with Crippen LogP contribution >= 0.6 is 0 Å². The van der Waals surface area contributed by atoms with Crippen LogP contribution in [0.25, 0.3) is 0 Å². The lowest BCUT2D eigenvalue weighted by atomic mass is 10.1. The maximum atomic E-state index is 11.9. The highest BCUT2D eigenvalue weighted by molar-refractivity contribution is 5.80. The molecule has 0 aliphatic carbocycles. The van der Waals surface area contributed by atoms with Gasteiger partial charge in [0.1, 0.15) is 5.60 Å². The lowest BCUT2D eigenvalue weighted by molar-refractivity contribution is 0.0523. The Hall–Kier alpha value is -1.50. The van der Waals surface area contributed by atoms with Gasteiger partial charge in [0, 0.05) is 32.7 Å². The average Bonchev–Trinajstić information content (AvgIpc) is 2.97. The summed E-state index contributed by atoms with van der Waals surface area (Å²) in [6, 6.07) is 0.125. The summed E-state index contributed by atoms with van der Waals surface area (Å²) in [4.78, 5) is 18.6. The number of ether oxygens (including phenoxy) is 1. The van der Waals surface area contributed by atoms with Crippen molar-refractivity contribution in [1.82, 2.24) is 20.9 Å². The van der Waals surface area contributed by atoms with E-state index in [0.29, 0.717) is 12.5 Å². The van der Waals surface area contributed by atoms with Crippen LogP contribution in [0.2, 0.25) is 0 Å². The molecule has 0 aromatic carbocycles. The van der Waals surface area contributed by atoms with Crippen LogP contribution in [-0.4, -0.2) is 68.9 Å². The molecule has 26 heavy (non-hydrogen) atoms. The van der Waals surface area contributed by atoms with Gasteiger partial charge in [-0.05, 0) is 53.1 Å². The minimum Gasteiger partial charge on any atom is -0.444 e. The molecule has 7 heteroatoms. The highest BCUT2D eigenvalue weighted by Crippen LogP contribution is 2.12. The minimum atomic E-state index is -0.484. The van der Waals surface area contributed by atoms with Crippen LogP contribution in [-0.2, 0) is 4.74 Å². The molecule has 0 spiro atoms. The van der Waals surface area contributed by atoms with Crippen LogP contribution in [0.5, 0.6) is 0 Å². The zero-order valence-corrected chi connectivity index (χ0v) is 17.5. The van der Waals surface area contributed by atoms with E-state index in [1.165, 1.54) is 6.42 Å². The first kappa shape index (κ1) is 22.5. The molecule has 1 amide bonds. The Labute approximate surface area is 159 Å². The first-order chi connectivity index (χ1) is 12.2. The number of hydrogen-bond acceptors (Lipinski definition) is 4. The molecule has 1 rings (SSSR count). The van der Waals surface area contributed by atoms with Gasteiger partial charge < -0.3 is 25.6 Å². The number of hydrogen-bond donors (Lipinski definition) is 3. The maximum Gasteiger partial charge on any atom is 0.407 e. The summed E-state index contributed by atoms with van der Waals surface area (Å²) >= 11 is 0. The van der Waals surface area contributed by atoms with Gasteiger partial charge in [0.15, 0.2) is 5.96 Å². The molecule has 152 valence electrons. The monoisotopic (exact) mass is 369 g/mol. The van der Waals surface area contributed by atoms with Crippen LogP contribution in [0.4, 0.5) is 4.79 Å². The average molecular weight is 370 g/mol. The minimum absolute atomic E-state index is 0.125. The van der Waals surface area contributed by atoms with E-state index in [0.717, 1.165) is 44.9 Å². The molecule has 3 N–H and O–H groups in total. The number of nitrogens with one attached hydrogen (secondary N) is 3. The first-order valence-corrected chi connectivity index (χ1v) is 9.86. The molecule has 0 saturated carbocycles. The summed E-state index contributed by atoms with van der Waals surface area (Å²) in [6.07, 6.45) is 4.03. The second-order valence-electron chi connectivity index (χ2n) is 8.24. The van der Waals surface area contributed by atoms with Gasteiger partial charge in [0.2, 0.25) is 0 Å².